The van der Waals surface area contributed by atoms with Crippen LogP contribution < -0.4 is 0 Å². The first kappa shape index (κ1) is 15.1. The minimum Gasteiger partial charge on any atom is -0.347 e. The number of amides is 2. The van der Waals surface area contributed by atoms with Crippen LogP contribution in [-0.4, -0.2) is 55.0 Å². The highest BCUT2D eigenvalue weighted by Gasteiger charge is 2.49. The summed E-state index contributed by atoms with van der Waals surface area (Å²) in [4.78, 5) is 25.7. The quantitative estimate of drug-likeness (QED) is 0.788. The first-order chi connectivity index (χ1) is 9.17. The summed E-state index contributed by atoms with van der Waals surface area (Å²) >= 11 is 0. The van der Waals surface area contributed by atoms with Crippen LogP contribution in [0.4, 0.5) is 13.2 Å². The predicted molar refractivity (Wildman–Crippen MR) is 65.7 cm³/mol. The molecular weight excluding hydrogens is 273 g/mol. The largest absolute Gasteiger partial charge is 0.406 e. The molecule has 0 aliphatic heterocycles. The van der Waals surface area contributed by atoms with Crippen molar-refractivity contribution in [1.29, 1.82) is 0 Å². The maximum absolute atomic E-state index is 12.6. The molecule has 2 saturated carbocycles. The molecule has 0 N–H and O–H groups in total. The molecule has 4 nitrogen and oxygen atoms in total. The molecular formula is C13H19F3N2O2. The van der Waals surface area contributed by atoms with Crippen LogP contribution in [0, 0.1) is 17.8 Å². The van der Waals surface area contributed by atoms with Crippen molar-refractivity contribution in [3.8, 4) is 0 Å². The van der Waals surface area contributed by atoms with E-state index in [1.165, 1.54) is 19.0 Å². The van der Waals surface area contributed by atoms with Gasteiger partial charge in [0.15, 0.2) is 0 Å². The van der Waals surface area contributed by atoms with Crippen LogP contribution in [0.2, 0.25) is 0 Å². The lowest BCUT2D eigenvalue weighted by Gasteiger charge is -2.27. The van der Waals surface area contributed by atoms with Crippen LogP contribution >= 0.6 is 0 Å². The Morgan fingerprint density at radius 3 is 2.10 bits per heavy atom. The normalized spacial score (nSPS) is 27.9. The molecule has 114 valence electrons. The zero-order chi connectivity index (χ0) is 15.1. The molecule has 0 aromatic heterocycles. The second-order valence-corrected chi connectivity index (χ2v) is 6.02. The summed E-state index contributed by atoms with van der Waals surface area (Å²) in [6.45, 7) is -1.85. The van der Waals surface area contributed by atoms with Gasteiger partial charge in [-0.15, -0.1) is 0 Å². The molecule has 2 aliphatic carbocycles. The van der Waals surface area contributed by atoms with E-state index in [0.29, 0.717) is 29.6 Å². The number of nitrogens with zero attached hydrogens (tertiary/aromatic N) is 2. The maximum atomic E-state index is 12.6. The van der Waals surface area contributed by atoms with Gasteiger partial charge in [-0.3, -0.25) is 9.59 Å². The molecule has 0 aromatic rings. The summed E-state index contributed by atoms with van der Waals surface area (Å²) in [6, 6.07) is 0. The van der Waals surface area contributed by atoms with E-state index in [9.17, 15) is 22.8 Å². The Morgan fingerprint density at radius 2 is 1.65 bits per heavy atom. The Kier molecular flexibility index (Phi) is 3.97. The standard InChI is InChI=1S/C13H19F3N2O2/c1-17(2)11(19)6-18(7-13(14,15)16)12(20)10-4-8-3-9(8)5-10/h8-10H,3-7H2,1-2H3. The second kappa shape index (κ2) is 5.26. The molecule has 2 atom stereocenters. The molecule has 2 fully saturated rings. The average molecular weight is 292 g/mol. The third-order valence-corrected chi connectivity index (χ3v) is 4.10. The Hall–Kier alpha value is -1.27. The van der Waals surface area contributed by atoms with Crippen LogP contribution in [0.15, 0.2) is 0 Å². The van der Waals surface area contributed by atoms with Gasteiger partial charge >= 0.3 is 6.18 Å². The Labute approximate surface area is 115 Å². The molecule has 0 bridgehead atoms. The highest BCUT2D eigenvalue weighted by Crippen LogP contribution is 2.54. The number of likely N-dealkylation sites (N-methyl/N-ethyl adjacent to an activating group) is 1. The van der Waals surface area contributed by atoms with Gasteiger partial charge in [0.05, 0.1) is 0 Å². The van der Waals surface area contributed by atoms with Crippen molar-refractivity contribution >= 4 is 11.8 Å². The summed E-state index contributed by atoms with van der Waals surface area (Å²) in [5, 5.41) is 0. The number of alkyl halides is 3. The summed E-state index contributed by atoms with van der Waals surface area (Å²) < 4.78 is 37.7. The van der Waals surface area contributed by atoms with Crippen LogP contribution in [0.3, 0.4) is 0 Å². The highest BCUT2D eigenvalue weighted by molar-refractivity contribution is 5.86. The van der Waals surface area contributed by atoms with Crippen molar-refractivity contribution in [2.75, 3.05) is 27.2 Å². The van der Waals surface area contributed by atoms with E-state index < -0.39 is 31.1 Å². The van der Waals surface area contributed by atoms with Crippen molar-refractivity contribution in [2.45, 2.75) is 25.4 Å². The van der Waals surface area contributed by atoms with E-state index in [2.05, 4.69) is 0 Å². The van der Waals surface area contributed by atoms with Crippen LogP contribution in [0.5, 0.6) is 0 Å². The number of halogens is 3. The number of carbonyl (C=O) groups excluding carboxylic acids is 2. The lowest BCUT2D eigenvalue weighted by Crippen LogP contribution is -2.46. The van der Waals surface area contributed by atoms with Gasteiger partial charge in [0.1, 0.15) is 13.1 Å². The number of hydrogen-bond donors (Lipinski definition) is 0. The topological polar surface area (TPSA) is 40.6 Å². The zero-order valence-electron chi connectivity index (χ0n) is 11.6. The van der Waals surface area contributed by atoms with E-state index >= 15 is 0 Å². The molecule has 7 heteroatoms. The number of fused-ring (bicyclic) bond motifs is 1. The Bertz CT molecular complexity index is 399. The Morgan fingerprint density at radius 1 is 1.10 bits per heavy atom. The van der Waals surface area contributed by atoms with Crippen LogP contribution in [0.25, 0.3) is 0 Å². The average Bonchev–Trinajstić information content (AvgIpc) is 2.92. The summed E-state index contributed by atoms with van der Waals surface area (Å²) in [5.74, 6) is -0.325. The molecule has 0 saturated heterocycles. The van der Waals surface area contributed by atoms with Gasteiger partial charge in [-0.1, -0.05) is 0 Å². The smallest absolute Gasteiger partial charge is 0.347 e. The molecule has 2 aliphatic rings. The summed E-state index contributed by atoms with van der Waals surface area (Å²) in [6.07, 6.45) is -2.04. The van der Waals surface area contributed by atoms with Crippen molar-refractivity contribution < 1.29 is 22.8 Å². The van der Waals surface area contributed by atoms with Gasteiger partial charge in [-0.2, -0.15) is 13.2 Å². The second-order valence-electron chi connectivity index (χ2n) is 6.02. The van der Waals surface area contributed by atoms with Gasteiger partial charge in [0.2, 0.25) is 11.8 Å². The van der Waals surface area contributed by atoms with Crippen LogP contribution in [0.1, 0.15) is 19.3 Å². The monoisotopic (exact) mass is 292 g/mol. The fraction of sp³-hybridized carbons (Fsp3) is 0.846. The molecule has 0 heterocycles. The molecule has 0 aromatic carbocycles. The molecule has 0 radical (unpaired) electrons. The van der Waals surface area contributed by atoms with Gasteiger partial charge < -0.3 is 9.80 Å². The SMILES string of the molecule is CN(C)C(=O)CN(CC(F)(F)F)C(=O)C1CC2CC2C1. The van der Waals surface area contributed by atoms with Crippen molar-refractivity contribution in [1.82, 2.24) is 9.80 Å². The fourth-order valence-electron chi connectivity index (χ4n) is 2.91. The number of carbonyl (C=O) groups is 2. The number of hydrogen-bond acceptors (Lipinski definition) is 2. The predicted octanol–water partition coefficient (Wildman–Crippen LogP) is 1.51. The van der Waals surface area contributed by atoms with Gasteiger partial charge in [-0.05, 0) is 31.1 Å². The van der Waals surface area contributed by atoms with Gasteiger partial charge in [0.25, 0.3) is 0 Å². The van der Waals surface area contributed by atoms with Crippen molar-refractivity contribution in [3.63, 3.8) is 0 Å². The molecule has 0 spiro atoms. The minimum absolute atomic E-state index is 0.337. The number of rotatable bonds is 4. The lowest BCUT2D eigenvalue weighted by molar-refractivity contribution is -0.166. The summed E-state index contributed by atoms with van der Waals surface area (Å²) in [5.41, 5.74) is 0. The van der Waals surface area contributed by atoms with E-state index in [0.717, 1.165) is 6.42 Å². The van der Waals surface area contributed by atoms with Crippen molar-refractivity contribution in [2.24, 2.45) is 17.8 Å². The van der Waals surface area contributed by atoms with E-state index in [1.807, 2.05) is 0 Å². The van der Waals surface area contributed by atoms with E-state index in [1.54, 1.807) is 0 Å². The van der Waals surface area contributed by atoms with Gasteiger partial charge in [0, 0.05) is 20.0 Å². The lowest BCUT2D eigenvalue weighted by atomic mass is 10.0. The van der Waals surface area contributed by atoms with E-state index in [-0.39, 0.29) is 5.92 Å². The third-order valence-electron chi connectivity index (χ3n) is 4.10. The molecule has 2 amide bonds. The fourth-order valence-corrected chi connectivity index (χ4v) is 2.91. The molecule has 2 rings (SSSR count). The zero-order valence-corrected chi connectivity index (χ0v) is 11.6. The minimum atomic E-state index is -4.48. The highest BCUT2D eigenvalue weighted by atomic mass is 19.4. The summed E-state index contributed by atoms with van der Waals surface area (Å²) in [7, 11) is 2.92. The van der Waals surface area contributed by atoms with Crippen LogP contribution in [-0.2, 0) is 9.59 Å². The Balaban J connectivity index is 2.00. The first-order valence-corrected chi connectivity index (χ1v) is 6.73. The molecule has 20 heavy (non-hydrogen) atoms. The maximum Gasteiger partial charge on any atom is 0.406 e. The van der Waals surface area contributed by atoms with E-state index in [4.69, 9.17) is 0 Å². The van der Waals surface area contributed by atoms with Crippen molar-refractivity contribution in [3.05, 3.63) is 0 Å². The third kappa shape index (κ3) is 3.64. The molecule has 2 unspecified atom stereocenters. The first-order valence-electron chi connectivity index (χ1n) is 6.73. The van der Waals surface area contributed by atoms with Gasteiger partial charge in [-0.25, -0.2) is 0 Å².